The summed E-state index contributed by atoms with van der Waals surface area (Å²) in [4.78, 5) is 5.28. The van der Waals surface area contributed by atoms with Gasteiger partial charge in [-0.2, -0.15) is 0 Å². The fourth-order valence-electron chi connectivity index (χ4n) is 7.57. The summed E-state index contributed by atoms with van der Waals surface area (Å²) in [7, 11) is 0. The maximum atomic E-state index is 6.97. The molecule has 0 saturated heterocycles. The Morgan fingerprint density at radius 1 is 0.636 bits per heavy atom. The van der Waals surface area contributed by atoms with Crippen molar-refractivity contribution in [2.75, 3.05) is 0 Å². The summed E-state index contributed by atoms with van der Waals surface area (Å²) in [6.45, 7) is 10.7. The lowest BCUT2D eigenvalue weighted by molar-refractivity contribution is 1.15. The van der Waals surface area contributed by atoms with Crippen LogP contribution in [0.4, 0.5) is 0 Å². The number of fused-ring (bicyclic) bond motifs is 4. The summed E-state index contributed by atoms with van der Waals surface area (Å²) >= 11 is 0. The minimum atomic E-state index is 0.518. The second kappa shape index (κ2) is 15.6. The fraction of sp³-hybridized carbons (Fsp3) is 0.0577. The molecule has 2 N–H and O–H groups in total. The average Bonchev–Trinajstić information content (AvgIpc) is 3.57. The van der Waals surface area contributed by atoms with Crippen molar-refractivity contribution < 1.29 is 0 Å². The molecule has 3 heteroatoms. The van der Waals surface area contributed by atoms with Crippen molar-refractivity contribution in [3.63, 3.8) is 0 Å². The first kappa shape index (κ1) is 35.1. The van der Waals surface area contributed by atoms with Gasteiger partial charge in [-0.3, -0.25) is 0 Å². The van der Waals surface area contributed by atoms with Crippen LogP contribution < -0.4 is 5.73 Å². The minimum Gasteiger partial charge on any atom is -0.401 e. The van der Waals surface area contributed by atoms with Gasteiger partial charge >= 0.3 is 0 Å². The molecule has 0 amide bonds. The lowest BCUT2D eigenvalue weighted by Gasteiger charge is -2.16. The highest BCUT2D eigenvalue weighted by atomic mass is 15.0. The number of aliphatic imine (C=N–C) groups is 1. The second-order valence-corrected chi connectivity index (χ2v) is 13.8. The third-order valence-electron chi connectivity index (χ3n) is 10.3. The van der Waals surface area contributed by atoms with E-state index in [0.29, 0.717) is 17.8 Å². The molecule has 0 spiro atoms. The molecular formula is C52H43N3. The molecule has 8 aromatic rings. The zero-order valence-corrected chi connectivity index (χ0v) is 31.1. The molecule has 0 saturated carbocycles. The van der Waals surface area contributed by atoms with Gasteiger partial charge in [0.25, 0.3) is 0 Å². The Balaban J connectivity index is 1.22. The molecule has 0 aliphatic carbocycles. The number of allylic oxidation sites excluding steroid dienone is 4. The Bertz CT molecular complexity index is 2770. The highest BCUT2D eigenvalue weighted by molar-refractivity contribution is 6.17. The van der Waals surface area contributed by atoms with E-state index in [9.17, 15) is 0 Å². The van der Waals surface area contributed by atoms with E-state index in [1.807, 2.05) is 24.3 Å². The molecule has 266 valence electrons. The summed E-state index contributed by atoms with van der Waals surface area (Å²) in [5, 5.41) is 4.88. The quantitative estimate of drug-likeness (QED) is 0.0811. The molecule has 7 aromatic carbocycles. The third-order valence-corrected chi connectivity index (χ3v) is 10.3. The molecule has 8 rings (SSSR count). The first-order valence-corrected chi connectivity index (χ1v) is 18.8. The molecule has 0 fully saturated rings. The van der Waals surface area contributed by atoms with Gasteiger partial charge in [0.15, 0.2) is 0 Å². The van der Waals surface area contributed by atoms with E-state index >= 15 is 0 Å². The number of hydrogen-bond donors (Lipinski definition) is 1. The fourth-order valence-corrected chi connectivity index (χ4v) is 7.57. The number of nitrogens with two attached hydrogens (primary N) is 1. The first-order chi connectivity index (χ1) is 27.0. The first-order valence-electron chi connectivity index (χ1n) is 18.8. The smallest absolute Gasteiger partial charge is 0.0799 e. The van der Waals surface area contributed by atoms with Crippen molar-refractivity contribution in [1.29, 1.82) is 0 Å². The highest BCUT2D eigenvalue weighted by Gasteiger charge is 2.17. The SMILES string of the molecule is C=CC/C(N)=C(\C=C(/CC)c1ccc2c(c1)c1ccccc1n2-c1ccccc1)C(=N\C(=C)c1ccc(-c2cccc3ccccc23)cc1)/c1ccccc1. The zero-order valence-electron chi connectivity index (χ0n) is 31.1. The van der Waals surface area contributed by atoms with Gasteiger partial charge < -0.3 is 10.3 Å². The Hall–Kier alpha value is -6.97. The molecule has 0 unspecified atom stereocenters. The molecular weight excluding hydrogens is 667 g/mol. The van der Waals surface area contributed by atoms with Crippen LogP contribution in [0.5, 0.6) is 0 Å². The molecule has 55 heavy (non-hydrogen) atoms. The summed E-state index contributed by atoms with van der Waals surface area (Å²) in [5.74, 6) is 0. The molecule has 0 atom stereocenters. The minimum absolute atomic E-state index is 0.518. The van der Waals surface area contributed by atoms with Crippen LogP contribution in [-0.4, -0.2) is 10.3 Å². The van der Waals surface area contributed by atoms with E-state index in [0.717, 1.165) is 51.2 Å². The van der Waals surface area contributed by atoms with Gasteiger partial charge in [0.2, 0.25) is 0 Å². The van der Waals surface area contributed by atoms with E-state index in [1.165, 1.54) is 38.1 Å². The van der Waals surface area contributed by atoms with E-state index in [2.05, 4.69) is 182 Å². The largest absolute Gasteiger partial charge is 0.401 e. The van der Waals surface area contributed by atoms with Crippen LogP contribution in [-0.2, 0) is 0 Å². The predicted molar refractivity (Wildman–Crippen MR) is 236 cm³/mol. The van der Waals surface area contributed by atoms with E-state index in [-0.39, 0.29) is 0 Å². The average molecular weight is 710 g/mol. The van der Waals surface area contributed by atoms with Crippen LogP contribution in [0.2, 0.25) is 0 Å². The van der Waals surface area contributed by atoms with Gasteiger partial charge in [-0.1, -0.05) is 159 Å². The molecule has 0 radical (unpaired) electrons. The number of para-hydroxylation sites is 2. The van der Waals surface area contributed by atoms with Crippen molar-refractivity contribution >= 4 is 49.6 Å². The van der Waals surface area contributed by atoms with E-state index in [1.54, 1.807) is 0 Å². The second-order valence-electron chi connectivity index (χ2n) is 13.8. The van der Waals surface area contributed by atoms with E-state index < -0.39 is 0 Å². The number of nitrogens with zero attached hydrogens (tertiary/aromatic N) is 2. The maximum Gasteiger partial charge on any atom is 0.0799 e. The number of rotatable bonds is 11. The van der Waals surface area contributed by atoms with Gasteiger partial charge in [0.05, 0.1) is 22.4 Å². The van der Waals surface area contributed by atoms with Gasteiger partial charge in [-0.05, 0) is 81.4 Å². The Morgan fingerprint density at radius 3 is 2.02 bits per heavy atom. The van der Waals surface area contributed by atoms with E-state index in [4.69, 9.17) is 10.7 Å². The monoisotopic (exact) mass is 709 g/mol. The lowest BCUT2D eigenvalue weighted by Crippen LogP contribution is -2.12. The van der Waals surface area contributed by atoms with Gasteiger partial charge in [-0.25, -0.2) is 4.99 Å². The van der Waals surface area contributed by atoms with Crippen LogP contribution in [0.3, 0.4) is 0 Å². The van der Waals surface area contributed by atoms with Gasteiger partial charge in [0.1, 0.15) is 0 Å². The molecule has 1 aromatic heterocycles. The number of benzene rings is 7. The van der Waals surface area contributed by atoms with Gasteiger partial charge in [0, 0.05) is 39.7 Å². The topological polar surface area (TPSA) is 43.3 Å². The summed E-state index contributed by atoms with van der Waals surface area (Å²) in [6, 6.07) is 59.7. The van der Waals surface area contributed by atoms with Crippen molar-refractivity contribution in [2.24, 2.45) is 10.7 Å². The normalized spacial score (nSPS) is 12.6. The maximum absolute atomic E-state index is 6.97. The molecule has 0 aliphatic heterocycles. The highest BCUT2D eigenvalue weighted by Crippen LogP contribution is 2.36. The lowest BCUT2D eigenvalue weighted by atomic mass is 9.93. The Morgan fingerprint density at radius 2 is 1.27 bits per heavy atom. The van der Waals surface area contributed by atoms with Crippen LogP contribution in [0, 0.1) is 0 Å². The van der Waals surface area contributed by atoms with Crippen LogP contribution in [0.25, 0.3) is 60.7 Å². The van der Waals surface area contributed by atoms with Crippen molar-refractivity contribution in [3.8, 4) is 16.8 Å². The van der Waals surface area contributed by atoms with Crippen molar-refractivity contribution in [2.45, 2.75) is 19.8 Å². The van der Waals surface area contributed by atoms with Crippen LogP contribution >= 0.6 is 0 Å². The summed E-state index contributed by atoms with van der Waals surface area (Å²) < 4.78 is 2.34. The van der Waals surface area contributed by atoms with Crippen molar-refractivity contribution in [3.05, 3.63) is 223 Å². The Kier molecular flexibility index (Phi) is 9.92. The zero-order chi connectivity index (χ0) is 37.7. The molecule has 0 aliphatic rings. The summed E-state index contributed by atoms with van der Waals surface area (Å²) in [5.41, 5.74) is 20.0. The molecule has 3 nitrogen and oxygen atoms in total. The Labute approximate surface area is 323 Å². The van der Waals surface area contributed by atoms with Gasteiger partial charge in [-0.15, -0.1) is 6.58 Å². The third kappa shape index (κ3) is 6.96. The summed E-state index contributed by atoms with van der Waals surface area (Å²) in [6.07, 6.45) is 5.39. The number of aromatic nitrogens is 1. The molecule has 0 bridgehead atoms. The molecule has 1 heterocycles. The van der Waals surface area contributed by atoms with Crippen LogP contribution in [0.1, 0.15) is 36.5 Å². The van der Waals surface area contributed by atoms with Crippen molar-refractivity contribution in [1.82, 2.24) is 4.57 Å². The van der Waals surface area contributed by atoms with Crippen LogP contribution in [0.15, 0.2) is 211 Å². The predicted octanol–water partition coefficient (Wildman–Crippen LogP) is 13.3. The number of hydrogen-bond acceptors (Lipinski definition) is 2. The standard InChI is InChI=1S/C52H43N3/c1-4-17-49(53)48(34-37(5-2)42-32-33-51-47(35-42)46-25-14-15-27-50(46)55(51)43-22-10-7-11-23-43)52(41-19-8-6-9-20-41)54-36(3)38-28-30-40(31-29-38)45-26-16-21-39-18-12-13-24-44(39)45/h4,6-16,18-35H,1,3,5,17,53H2,2H3/b37-34+,49-48-,54-52-.